The minimum Gasteiger partial charge on any atom is -0.333 e. The van der Waals surface area contributed by atoms with Crippen LogP contribution in [-0.4, -0.2) is 38.9 Å². The summed E-state index contributed by atoms with van der Waals surface area (Å²) in [6, 6.07) is 3.81. The van der Waals surface area contributed by atoms with Gasteiger partial charge in [0.25, 0.3) is 5.91 Å². The summed E-state index contributed by atoms with van der Waals surface area (Å²) in [6.07, 6.45) is 3.68. The Kier molecular flexibility index (Phi) is 4.18. The van der Waals surface area contributed by atoms with Crippen LogP contribution < -0.4 is 0 Å². The molecule has 1 aromatic carbocycles. The van der Waals surface area contributed by atoms with E-state index in [1.165, 1.54) is 18.2 Å². The summed E-state index contributed by atoms with van der Waals surface area (Å²) in [6.45, 7) is 3.22. The molecule has 7 heteroatoms. The molecule has 0 saturated carbocycles. The summed E-state index contributed by atoms with van der Waals surface area (Å²) in [5.74, 6) is -1.39. The number of aryl methyl sites for hydroxylation is 1. The van der Waals surface area contributed by atoms with Crippen LogP contribution in [0.25, 0.3) is 5.57 Å². The van der Waals surface area contributed by atoms with Crippen molar-refractivity contribution < 1.29 is 13.6 Å². The second kappa shape index (κ2) is 6.28. The first-order chi connectivity index (χ1) is 11.1. The monoisotopic (exact) mass is 318 g/mol. The number of amides is 1. The first-order valence-corrected chi connectivity index (χ1v) is 7.43. The Labute approximate surface area is 132 Å². The van der Waals surface area contributed by atoms with Crippen molar-refractivity contribution >= 4 is 11.5 Å². The molecule has 5 nitrogen and oxygen atoms in total. The molecule has 0 bridgehead atoms. The van der Waals surface area contributed by atoms with E-state index in [0.29, 0.717) is 31.6 Å². The lowest BCUT2D eigenvalue weighted by Crippen LogP contribution is -2.35. The van der Waals surface area contributed by atoms with E-state index >= 15 is 0 Å². The average molecular weight is 318 g/mol. The van der Waals surface area contributed by atoms with Gasteiger partial charge in [-0.05, 0) is 31.1 Å². The Bertz CT molecular complexity index is 749. The van der Waals surface area contributed by atoms with Crippen molar-refractivity contribution in [3.05, 3.63) is 53.4 Å². The van der Waals surface area contributed by atoms with Crippen LogP contribution >= 0.6 is 0 Å². The van der Waals surface area contributed by atoms with Gasteiger partial charge in [-0.15, -0.1) is 5.10 Å². The van der Waals surface area contributed by atoms with Gasteiger partial charge in [0, 0.05) is 25.2 Å². The topological polar surface area (TPSA) is 51.0 Å². The van der Waals surface area contributed by atoms with Crippen LogP contribution in [0.5, 0.6) is 0 Å². The van der Waals surface area contributed by atoms with E-state index in [-0.39, 0.29) is 17.2 Å². The van der Waals surface area contributed by atoms with Crippen LogP contribution in [-0.2, 0) is 6.54 Å². The van der Waals surface area contributed by atoms with Gasteiger partial charge in [-0.25, -0.2) is 8.78 Å². The van der Waals surface area contributed by atoms with E-state index in [1.54, 1.807) is 21.9 Å². The summed E-state index contributed by atoms with van der Waals surface area (Å²) in [5, 5.41) is 7.69. The fourth-order valence-corrected chi connectivity index (χ4v) is 2.60. The Morgan fingerprint density at radius 3 is 2.61 bits per heavy atom. The highest BCUT2D eigenvalue weighted by atomic mass is 19.1. The molecule has 0 radical (unpaired) electrons. The van der Waals surface area contributed by atoms with Crippen LogP contribution in [0, 0.1) is 11.6 Å². The molecule has 0 aliphatic carbocycles. The first-order valence-electron chi connectivity index (χ1n) is 7.43. The molecule has 0 fully saturated rings. The number of aromatic nitrogens is 3. The predicted octanol–water partition coefficient (Wildman–Crippen LogP) is 2.51. The molecule has 1 aliphatic rings. The fourth-order valence-electron chi connectivity index (χ4n) is 2.60. The third kappa shape index (κ3) is 2.99. The van der Waals surface area contributed by atoms with Crippen LogP contribution in [0.15, 0.2) is 30.5 Å². The number of hydrogen-bond acceptors (Lipinski definition) is 3. The van der Waals surface area contributed by atoms with Gasteiger partial charge in [-0.2, -0.15) is 0 Å². The minimum atomic E-state index is -0.582. The highest BCUT2D eigenvalue weighted by molar-refractivity contribution is 5.92. The minimum absolute atomic E-state index is 0.00322. The van der Waals surface area contributed by atoms with Gasteiger partial charge in [-0.3, -0.25) is 9.48 Å². The summed E-state index contributed by atoms with van der Waals surface area (Å²) in [7, 11) is 0. The van der Waals surface area contributed by atoms with Gasteiger partial charge in [0.1, 0.15) is 11.6 Å². The van der Waals surface area contributed by atoms with Gasteiger partial charge < -0.3 is 4.90 Å². The Balaban J connectivity index is 1.76. The van der Waals surface area contributed by atoms with Gasteiger partial charge in [0.2, 0.25) is 0 Å². The van der Waals surface area contributed by atoms with E-state index in [0.717, 1.165) is 0 Å². The van der Waals surface area contributed by atoms with Crippen molar-refractivity contribution in [1.29, 1.82) is 0 Å². The lowest BCUT2D eigenvalue weighted by atomic mass is 9.98. The van der Waals surface area contributed by atoms with Crippen molar-refractivity contribution in [3.63, 3.8) is 0 Å². The van der Waals surface area contributed by atoms with Gasteiger partial charge in [0.05, 0.1) is 6.20 Å². The van der Waals surface area contributed by atoms with E-state index in [9.17, 15) is 13.6 Å². The number of halogens is 2. The molecule has 23 heavy (non-hydrogen) atoms. The Morgan fingerprint density at radius 2 is 2.04 bits per heavy atom. The van der Waals surface area contributed by atoms with E-state index in [1.807, 2.05) is 6.92 Å². The third-order valence-corrected chi connectivity index (χ3v) is 3.86. The molecule has 2 aromatic rings. The standard InChI is InChI=1S/C16H16F2N4O/c1-2-22-10-14(19-20-22)16(23)21-8-6-11(7-9-21)15-12(17)4-3-5-13(15)18/h3-6,10H,2,7-9H2,1H3. The normalized spacial score (nSPS) is 14.7. The van der Waals surface area contributed by atoms with Gasteiger partial charge >= 0.3 is 0 Å². The first kappa shape index (κ1) is 15.3. The number of benzene rings is 1. The lowest BCUT2D eigenvalue weighted by Gasteiger charge is -2.26. The van der Waals surface area contributed by atoms with E-state index < -0.39 is 11.6 Å². The highest BCUT2D eigenvalue weighted by Gasteiger charge is 2.23. The van der Waals surface area contributed by atoms with Crippen molar-refractivity contribution in [2.75, 3.05) is 13.1 Å². The molecule has 0 spiro atoms. The van der Waals surface area contributed by atoms with Crippen LogP contribution in [0.1, 0.15) is 29.4 Å². The van der Waals surface area contributed by atoms with Crippen molar-refractivity contribution in [2.24, 2.45) is 0 Å². The van der Waals surface area contributed by atoms with E-state index in [4.69, 9.17) is 0 Å². The number of rotatable bonds is 3. The molecule has 1 aliphatic heterocycles. The second-order valence-corrected chi connectivity index (χ2v) is 5.29. The summed E-state index contributed by atoms with van der Waals surface area (Å²) in [5.41, 5.74) is 0.860. The Hall–Kier alpha value is -2.57. The SMILES string of the molecule is CCn1cc(C(=O)N2CC=C(c3c(F)cccc3F)CC2)nn1. The highest BCUT2D eigenvalue weighted by Crippen LogP contribution is 2.27. The largest absolute Gasteiger partial charge is 0.333 e. The lowest BCUT2D eigenvalue weighted by molar-refractivity contribution is 0.0767. The summed E-state index contributed by atoms with van der Waals surface area (Å²) in [4.78, 5) is 13.9. The fraction of sp³-hybridized carbons (Fsp3) is 0.312. The third-order valence-electron chi connectivity index (χ3n) is 3.86. The zero-order valence-electron chi connectivity index (χ0n) is 12.7. The second-order valence-electron chi connectivity index (χ2n) is 5.29. The quantitative estimate of drug-likeness (QED) is 0.874. The summed E-state index contributed by atoms with van der Waals surface area (Å²) < 4.78 is 29.2. The van der Waals surface area contributed by atoms with Crippen molar-refractivity contribution in [3.8, 4) is 0 Å². The van der Waals surface area contributed by atoms with Crippen LogP contribution in [0.3, 0.4) is 0 Å². The molecule has 120 valence electrons. The van der Waals surface area contributed by atoms with Crippen LogP contribution in [0.4, 0.5) is 8.78 Å². The molecule has 0 N–H and O–H groups in total. The maximum absolute atomic E-state index is 13.8. The zero-order chi connectivity index (χ0) is 16.4. The zero-order valence-corrected chi connectivity index (χ0v) is 12.7. The molecular formula is C16H16F2N4O. The smallest absolute Gasteiger partial charge is 0.276 e. The number of hydrogen-bond donors (Lipinski definition) is 0. The molecule has 3 rings (SSSR count). The Morgan fingerprint density at radius 1 is 1.30 bits per heavy atom. The van der Waals surface area contributed by atoms with Gasteiger partial charge in [0.15, 0.2) is 5.69 Å². The molecule has 1 amide bonds. The molecule has 1 aromatic heterocycles. The maximum atomic E-state index is 13.8. The average Bonchev–Trinajstić information content (AvgIpc) is 3.04. The van der Waals surface area contributed by atoms with Crippen LogP contribution in [0.2, 0.25) is 0 Å². The van der Waals surface area contributed by atoms with Crippen molar-refractivity contribution in [1.82, 2.24) is 19.9 Å². The van der Waals surface area contributed by atoms with Crippen molar-refractivity contribution in [2.45, 2.75) is 19.9 Å². The number of carbonyl (C=O) groups excluding carboxylic acids is 1. The number of carbonyl (C=O) groups is 1. The molecule has 2 heterocycles. The maximum Gasteiger partial charge on any atom is 0.276 e. The molecular weight excluding hydrogens is 302 g/mol. The molecule has 0 atom stereocenters. The number of nitrogens with zero attached hydrogens (tertiary/aromatic N) is 4. The summed E-state index contributed by atoms with van der Waals surface area (Å²) >= 11 is 0. The van der Waals surface area contributed by atoms with Gasteiger partial charge in [-0.1, -0.05) is 17.4 Å². The van der Waals surface area contributed by atoms with E-state index in [2.05, 4.69) is 10.3 Å². The molecule has 0 saturated heterocycles. The molecule has 0 unspecified atom stereocenters. The predicted molar refractivity (Wildman–Crippen MR) is 80.6 cm³/mol.